The van der Waals surface area contributed by atoms with E-state index in [4.69, 9.17) is 4.74 Å². The molecule has 1 aliphatic heterocycles. The van der Waals surface area contributed by atoms with Crippen LogP contribution in [0.3, 0.4) is 0 Å². The lowest BCUT2D eigenvalue weighted by Gasteiger charge is -2.25. The number of ether oxygens (including phenoxy) is 1. The third kappa shape index (κ3) is 4.42. The van der Waals surface area contributed by atoms with Crippen LogP contribution in [0.5, 0.6) is 0 Å². The molecule has 26 heavy (non-hydrogen) atoms. The lowest BCUT2D eigenvalue weighted by molar-refractivity contribution is -0.148. The predicted molar refractivity (Wildman–Crippen MR) is 95.9 cm³/mol. The molecule has 8 heteroatoms. The van der Waals surface area contributed by atoms with E-state index in [1.54, 1.807) is 12.1 Å². The second kappa shape index (κ2) is 7.75. The number of hydrogen-bond donors (Lipinski definition) is 1. The van der Waals surface area contributed by atoms with Gasteiger partial charge in [-0.3, -0.25) is 9.59 Å². The Morgan fingerprint density at radius 2 is 1.77 bits per heavy atom. The molecule has 0 unspecified atom stereocenters. The maximum absolute atomic E-state index is 12.6. The van der Waals surface area contributed by atoms with E-state index in [9.17, 15) is 18.0 Å². The van der Waals surface area contributed by atoms with Gasteiger partial charge < -0.3 is 10.1 Å². The minimum Gasteiger partial charge on any atom is -0.455 e. The molecule has 7 nitrogen and oxygen atoms in total. The van der Waals surface area contributed by atoms with Crippen molar-refractivity contribution in [3.63, 3.8) is 0 Å². The Morgan fingerprint density at radius 3 is 2.35 bits per heavy atom. The number of esters is 1. The molecule has 2 fully saturated rings. The van der Waals surface area contributed by atoms with Crippen LogP contribution in [0.4, 0.5) is 5.69 Å². The Kier molecular flexibility index (Phi) is 5.62. The molecule has 2 atom stereocenters. The number of benzene rings is 1. The number of anilines is 1. The monoisotopic (exact) mass is 380 g/mol. The molecule has 1 heterocycles. The van der Waals surface area contributed by atoms with Gasteiger partial charge >= 0.3 is 5.97 Å². The van der Waals surface area contributed by atoms with E-state index >= 15 is 0 Å². The number of nitrogens with zero attached hydrogens (tertiary/aromatic N) is 1. The molecule has 0 radical (unpaired) electrons. The van der Waals surface area contributed by atoms with Gasteiger partial charge in [-0.1, -0.05) is 13.3 Å². The number of piperidine rings is 1. The average Bonchev–Trinajstić information content (AvgIpc) is 3.38. The van der Waals surface area contributed by atoms with Gasteiger partial charge in [0.1, 0.15) is 0 Å². The molecule has 0 aromatic heterocycles. The molecule has 0 spiro atoms. The van der Waals surface area contributed by atoms with Crippen molar-refractivity contribution in [2.75, 3.05) is 25.0 Å². The SMILES string of the molecule is C[C@@H]1C[C@@H]1C(=O)OCC(=O)Nc1ccc(S(=O)(=O)N2CCCCC2)cc1. The van der Waals surface area contributed by atoms with Crippen LogP contribution >= 0.6 is 0 Å². The molecular weight excluding hydrogens is 356 g/mol. The second-order valence-electron chi connectivity index (χ2n) is 6.96. The molecule has 1 aromatic carbocycles. The van der Waals surface area contributed by atoms with Crippen LogP contribution in [0.2, 0.25) is 0 Å². The molecule has 1 aromatic rings. The third-order valence-electron chi connectivity index (χ3n) is 4.85. The maximum atomic E-state index is 12.6. The van der Waals surface area contributed by atoms with Crippen molar-refractivity contribution in [1.82, 2.24) is 4.31 Å². The Bertz CT molecular complexity index is 769. The Balaban J connectivity index is 1.53. The first-order valence-corrected chi connectivity index (χ1v) is 10.4. The molecule has 1 saturated heterocycles. The second-order valence-corrected chi connectivity index (χ2v) is 8.90. The van der Waals surface area contributed by atoms with Gasteiger partial charge in [-0.05, 0) is 49.4 Å². The smallest absolute Gasteiger partial charge is 0.309 e. The molecule has 1 aliphatic carbocycles. The fourth-order valence-electron chi connectivity index (χ4n) is 3.06. The van der Waals surface area contributed by atoms with Crippen molar-refractivity contribution in [2.45, 2.75) is 37.5 Å². The summed E-state index contributed by atoms with van der Waals surface area (Å²) in [5, 5.41) is 2.60. The Hall–Kier alpha value is -1.93. The highest BCUT2D eigenvalue weighted by Gasteiger charge is 2.40. The Morgan fingerprint density at radius 1 is 1.15 bits per heavy atom. The van der Waals surface area contributed by atoms with Crippen molar-refractivity contribution in [1.29, 1.82) is 0 Å². The summed E-state index contributed by atoms with van der Waals surface area (Å²) in [5.74, 6) is -0.532. The van der Waals surface area contributed by atoms with Gasteiger partial charge in [-0.25, -0.2) is 8.42 Å². The number of rotatable bonds is 6. The van der Waals surface area contributed by atoms with E-state index < -0.39 is 15.9 Å². The summed E-state index contributed by atoms with van der Waals surface area (Å²) < 4.78 is 31.6. The van der Waals surface area contributed by atoms with E-state index in [1.165, 1.54) is 16.4 Å². The molecule has 1 N–H and O–H groups in total. The van der Waals surface area contributed by atoms with E-state index in [0.717, 1.165) is 25.7 Å². The van der Waals surface area contributed by atoms with Crippen LogP contribution in [0.25, 0.3) is 0 Å². The normalized spacial score (nSPS) is 23.3. The van der Waals surface area contributed by atoms with E-state index in [0.29, 0.717) is 24.7 Å². The van der Waals surface area contributed by atoms with Gasteiger partial charge in [0.2, 0.25) is 10.0 Å². The van der Waals surface area contributed by atoms with E-state index in [-0.39, 0.29) is 23.4 Å². The zero-order valence-corrected chi connectivity index (χ0v) is 15.6. The topological polar surface area (TPSA) is 92.8 Å². The zero-order chi connectivity index (χ0) is 18.7. The lowest BCUT2D eigenvalue weighted by atomic mass is 10.2. The van der Waals surface area contributed by atoms with Crippen LogP contribution in [-0.4, -0.2) is 44.3 Å². The summed E-state index contributed by atoms with van der Waals surface area (Å²) in [6, 6.07) is 6.05. The van der Waals surface area contributed by atoms with Crippen molar-refractivity contribution in [2.24, 2.45) is 11.8 Å². The van der Waals surface area contributed by atoms with Crippen LogP contribution in [-0.2, 0) is 24.3 Å². The fraction of sp³-hybridized carbons (Fsp3) is 0.556. The maximum Gasteiger partial charge on any atom is 0.309 e. The molecular formula is C18H24N2O5S. The van der Waals surface area contributed by atoms with Crippen molar-refractivity contribution < 1.29 is 22.7 Å². The van der Waals surface area contributed by atoms with Gasteiger partial charge in [0.25, 0.3) is 5.91 Å². The minimum absolute atomic E-state index is 0.0814. The van der Waals surface area contributed by atoms with Crippen LogP contribution in [0.15, 0.2) is 29.2 Å². The molecule has 142 valence electrons. The molecule has 1 saturated carbocycles. The summed E-state index contributed by atoms with van der Waals surface area (Å²) >= 11 is 0. The quantitative estimate of drug-likeness (QED) is 0.762. The minimum atomic E-state index is -3.49. The van der Waals surface area contributed by atoms with Crippen molar-refractivity contribution in [3.05, 3.63) is 24.3 Å². The number of amides is 1. The number of nitrogens with one attached hydrogen (secondary N) is 1. The number of sulfonamides is 1. The Labute approximate surface area is 153 Å². The summed E-state index contributed by atoms with van der Waals surface area (Å²) in [6.07, 6.45) is 3.63. The van der Waals surface area contributed by atoms with Gasteiger partial charge in [0, 0.05) is 18.8 Å². The standard InChI is InChI=1S/C18H24N2O5S/c1-13-11-16(13)18(22)25-12-17(21)19-14-5-7-15(8-6-14)26(23,24)20-9-3-2-4-10-20/h5-8,13,16H,2-4,9-12H2,1H3,(H,19,21)/t13-,16+/m1/s1. The van der Waals surface area contributed by atoms with Crippen molar-refractivity contribution in [3.8, 4) is 0 Å². The first-order valence-electron chi connectivity index (χ1n) is 8.94. The van der Waals surface area contributed by atoms with Gasteiger partial charge in [0.05, 0.1) is 10.8 Å². The third-order valence-corrected chi connectivity index (χ3v) is 6.76. The summed E-state index contributed by atoms with van der Waals surface area (Å²) in [4.78, 5) is 23.7. The number of carbonyl (C=O) groups excluding carboxylic acids is 2. The predicted octanol–water partition coefficient (Wildman–Crippen LogP) is 2.00. The molecule has 0 bridgehead atoms. The van der Waals surface area contributed by atoms with Gasteiger partial charge in [-0.15, -0.1) is 0 Å². The van der Waals surface area contributed by atoms with Crippen LogP contribution in [0.1, 0.15) is 32.6 Å². The van der Waals surface area contributed by atoms with Crippen LogP contribution < -0.4 is 5.32 Å². The van der Waals surface area contributed by atoms with Gasteiger partial charge in [-0.2, -0.15) is 4.31 Å². The van der Waals surface area contributed by atoms with Gasteiger partial charge in [0.15, 0.2) is 6.61 Å². The summed E-state index contributed by atoms with van der Waals surface area (Å²) in [6.45, 7) is 2.72. The highest BCUT2D eigenvalue weighted by molar-refractivity contribution is 7.89. The molecule has 2 aliphatic rings. The average molecular weight is 380 g/mol. The number of hydrogen-bond acceptors (Lipinski definition) is 5. The van der Waals surface area contributed by atoms with Crippen LogP contribution in [0, 0.1) is 11.8 Å². The number of carbonyl (C=O) groups is 2. The summed E-state index contributed by atoms with van der Waals surface area (Å²) in [5.41, 5.74) is 0.462. The summed E-state index contributed by atoms with van der Waals surface area (Å²) in [7, 11) is -3.49. The molecule has 1 amide bonds. The van der Waals surface area contributed by atoms with E-state index in [2.05, 4.69) is 5.32 Å². The zero-order valence-electron chi connectivity index (χ0n) is 14.8. The first kappa shape index (κ1) is 18.8. The molecule has 3 rings (SSSR count). The lowest BCUT2D eigenvalue weighted by Crippen LogP contribution is -2.35. The van der Waals surface area contributed by atoms with Crippen molar-refractivity contribution >= 4 is 27.6 Å². The van der Waals surface area contributed by atoms with E-state index in [1.807, 2.05) is 6.92 Å². The highest BCUT2D eigenvalue weighted by atomic mass is 32.2. The largest absolute Gasteiger partial charge is 0.455 e. The fourth-order valence-corrected chi connectivity index (χ4v) is 4.57. The highest BCUT2D eigenvalue weighted by Crippen LogP contribution is 2.38. The first-order chi connectivity index (χ1) is 12.4.